The zero-order chi connectivity index (χ0) is 17.4. The van der Waals surface area contributed by atoms with Crippen LogP contribution >= 0.6 is 11.8 Å². The molecule has 2 aromatic carbocycles. The van der Waals surface area contributed by atoms with Crippen molar-refractivity contribution in [3.8, 4) is 0 Å². The standard InChI is InChI=1S/C20H20N2O2S/c1-13(23)21-17-7-3-6-16(10-17)20-22(19(24)12-25-20)18-9-8-14-4-2-5-15(14)11-18/h3,6-11,20H,2,4-5,12H2,1H3,(H,21,23). The Bertz CT molecular complexity index is 849. The van der Waals surface area contributed by atoms with Crippen LogP contribution in [0.2, 0.25) is 0 Å². The number of anilines is 2. The first-order chi connectivity index (χ1) is 12.1. The first kappa shape index (κ1) is 16.2. The molecule has 0 bridgehead atoms. The smallest absolute Gasteiger partial charge is 0.238 e. The van der Waals surface area contributed by atoms with Crippen LogP contribution < -0.4 is 10.2 Å². The van der Waals surface area contributed by atoms with Crippen LogP contribution in [0.3, 0.4) is 0 Å². The second-order valence-corrected chi connectivity index (χ2v) is 7.61. The molecule has 1 N–H and O–H groups in total. The highest BCUT2D eigenvalue weighted by atomic mass is 32.2. The van der Waals surface area contributed by atoms with Gasteiger partial charge in [-0.3, -0.25) is 14.5 Å². The van der Waals surface area contributed by atoms with Gasteiger partial charge < -0.3 is 5.32 Å². The summed E-state index contributed by atoms with van der Waals surface area (Å²) in [5.74, 6) is 0.521. The summed E-state index contributed by atoms with van der Waals surface area (Å²) in [4.78, 5) is 25.8. The lowest BCUT2D eigenvalue weighted by Gasteiger charge is -2.25. The molecule has 1 fully saturated rings. The first-order valence-electron chi connectivity index (χ1n) is 8.55. The number of amides is 2. The Balaban J connectivity index is 1.67. The Morgan fingerprint density at radius 3 is 2.84 bits per heavy atom. The van der Waals surface area contributed by atoms with E-state index in [1.54, 1.807) is 11.8 Å². The van der Waals surface area contributed by atoms with E-state index in [0.717, 1.165) is 29.8 Å². The zero-order valence-electron chi connectivity index (χ0n) is 14.1. The average Bonchev–Trinajstić information content (AvgIpc) is 3.20. The molecule has 1 unspecified atom stereocenters. The van der Waals surface area contributed by atoms with E-state index in [0.29, 0.717) is 5.75 Å². The summed E-state index contributed by atoms with van der Waals surface area (Å²) in [5.41, 5.74) is 5.55. The van der Waals surface area contributed by atoms with Gasteiger partial charge in [0.1, 0.15) is 5.37 Å². The minimum absolute atomic E-state index is 0.0549. The maximum atomic E-state index is 12.6. The fourth-order valence-corrected chi connectivity index (χ4v) is 4.80. The minimum Gasteiger partial charge on any atom is -0.326 e. The van der Waals surface area contributed by atoms with E-state index >= 15 is 0 Å². The normalized spacial score (nSPS) is 19.2. The van der Waals surface area contributed by atoms with Crippen LogP contribution in [-0.2, 0) is 22.4 Å². The molecule has 0 saturated carbocycles. The number of hydrogen-bond acceptors (Lipinski definition) is 3. The van der Waals surface area contributed by atoms with Crippen LogP contribution in [0.4, 0.5) is 11.4 Å². The summed E-state index contributed by atoms with van der Waals surface area (Å²) >= 11 is 1.63. The van der Waals surface area contributed by atoms with Gasteiger partial charge in [0.2, 0.25) is 11.8 Å². The Labute approximate surface area is 151 Å². The van der Waals surface area contributed by atoms with Crippen LogP contribution in [0.1, 0.15) is 35.4 Å². The molecular weight excluding hydrogens is 332 g/mol. The summed E-state index contributed by atoms with van der Waals surface area (Å²) in [6.45, 7) is 1.50. The van der Waals surface area contributed by atoms with Crippen molar-refractivity contribution in [2.75, 3.05) is 16.0 Å². The number of fused-ring (bicyclic) bond motifs is 1. The molecule has 5 heteroatoms. The molecule has 128 valence electrons. The summed E-state index contributed by atoms with van der Waals surface area (Å²) in [5, 5.41) is 2.76. The summed E-state index contributed by atoms with van der Waals surface area (Å²) in [6, 6.07) is 14.2. The van der Waals surface area contributed by atoms with Crippen LogP contribution in [0.5, 0.6) is 0 Å². The molecule has 1 aliphatic heterocycles. The van der Waals surface area contributed by atoms with E-state index in [2.05, 4.69) is 23.5 Å². The third kappa shape index (κ3) is 3.16. The van der Waals surface area contributed by atoms with Crippen molar-refractivity contribution in [2.24, 2.45) is 0 Å². The SMILES string of the molecule is CC(=O)Nc1cccc(C2SCC(=O)N2c2ccc3c(c2)CCC3)c1. The van der Waals surface area contributed by atoms with Gasteiger partial charge in [0.15, 0.2) is 0 Å². The van der Waals surface area contributed by atoms with Crippen molar-refractivity contribution in [1.82, 2.24) is 0 Å². The molecule has 1 heterocycles. The number of benzene rings is 2. The quantitative estimate of drug-likeness (QED) is 0.911. The molecule has 0 radical (unpaired) electrons. The summed E-state index contributed by atoms with van der Waals surface area (Å²) < 4.78 is 0. The second-order valence-electron chi connectivity index (χ2n) is 6.54. The van der Waals surface area contributed by atoms with Gasteiger partial charge in [-0.15, -0.1) is 11.8 Å². The molecule has 2 aliphatic rings. The third-order valence-corrected chi connectivity index (χ3v) is 5.93. The lowest BCUT2D eigenvalue weighted by Crippen LogP contribution is -2.28. The summed E-state index contributed by atoms with van der Waals surface area (Å²) in [7, 11) is 0. The fourth-order valence-electron chi connectivity index (χ4n) is 3.63. The van der Waals surface area contributed by atoms with E-state index < -0.39 is 0 Å². The average molecular weight is 352 g/mol. The van der Waals surface area contributed by atoms with Gasteiger partial charge in [-0.1, -0.05) is 18.2 Å². The number of carbonyl (C=O) groups is 2. The van der Waals surface area contributed by atoms with Crippen molar-refractivity contribution in [2.45, 2.75) is 31.6 Å². The molecule has 1 aliphatic carbocycles. The van der Waals surface area contributed by atoms with Gasteiger partial charge in [-0.25, -0.2) is 0 Å². The fraction of sp³-hybridized carbons (Fsp3) is 0.300. The van der Waals surface area contributed by atoms with Crippen molar-refractivity contribution in [3.05, 3.63) is 59.2 Å². The molecule has 4 nitrogen and oxygen atoms in total. The second kappa shape index (κ2) is 6.56. The Hall–Kier alpha value is -2.27. The lowest BCUT2D eigenvalue weighted by atomic mass is 10.1. The Morgan fingerprint density at radius 1 is 1.16 bits per heavy atom. The molecule has 4 rings (SSSR count). The highest BCUT2D eigenvalue weighted by molar-refractivity contribution is 8.00. The first-order valence-corrected chi connectivity index (χ1v) is 9.60. The van der Waals surface area contributed by atoms with Crippen LogP contribution in [0.25, 0.3) is 0 Å². The molecule has 0 aromatic heterocycles. The van der Waals surface area contributed by atoms with Gasteiger partial charge in [-0.2, -0.15) is 0 Å². The molecule has 1 atom stereocenters. The monoisotopic (exact) mass is 352 g/mol. The maximum Gasteiger partial charge on any atom is 0.238 e. The van der Waals surface area contributed by atoms with Gasteiger partial charge in [0.05, 0.1) is 5.75 Å². The Kier molecular flexibility index (Phi) is 4.25. The molecule has 2 aromatic rings. The largest absolute Gasteiger partial charge is 0.326 e. The Morgan fingerprint density at radius 2 is 2.00 bits per heavy atom. The zero-order valence-corrected chi connectivity index (χ0v) is 14.9. The van der Waals surface area contributed by atoms with Gasteiger partial charge in [0.25, 0.3) is 0 Å². The molecular formula is C20H20N2O2S. The maximum absolute atomic E-state index is 12.6. The predicted molar refractivity (Wildman–Crippen MR) is 102 cm³/mol. The van der Waals surface area contributed by atoms with Crippen molar-refractivity contribution >= 4 is 35.0 Å². The van der Waals surface area contributed by atoms with Gasteiger partial charge in [-0.05, 0) is 60.2 Å². The molecule has 1 saturated heterocycles. The van der Waals surface area contributed by atoms with E-state index in [1.807, 2.05) is 29.2 Å². The highest BCUT2D eigenvalue weighted by Crippen LogP contribution is 2.43. The minimum atomic E-state index is -0.0946. The van der Waals surface area contributed by atoms with Crippen LogP contribution in [-0.4, -0.2) is 17.6 Å². The third-order valence-electron chi connectivity index (χ3n) is 4.72. The number of aryl methyl sites for hydroxylation is 2. The highest BCUT2D eigenvalue weighted by Gasteiger charge is 2.34. The number of rotatable bonds is 3. The topological polar surface area (TPSA) is 49.4 Å². The van der Waals surface area contributed by atoms with E-state index in [1.165, 1.54) is 24.5 Å². The number of carbonyl (C=O) groups excluding carboxylic acids is 2. The van der Waals surface area contributed by atoms with Crippen molar-refractivity contribution in [1.29, 1.82) is 0 Å². The predicted octanol–water partition coefficient (Wildman–Crippen LogP) is 3.91. The van der Waals surface area contributed by atoms with E-state index in [9.17, 15) is 9.59 Å². The lowest BCUT2D eigenvalue weighted by molar-refractivity contribution is -0.116. The summed E-state index contributed by atoms with van der Waals surface area (Å²) in [6.07, 6.45) is 3.44. The molecule has 2 amide bonds. The van der Waals surface area contributed by atoms with Gasteiger partial charge >= 0.3 is 0 Å². The number of thioether (sulfide) groups is 1. The van der Waals surface area contributed by atoms with Gasteiger partial charge in [0, 0.05) is 18.3 Å². The van der Waals surface area contributed by atoms with Crippen molar-refractivity contribution in [3.63, 3.8) is 0 Å². The number of nitrogens with zero attached hydrogens (tertiary/aromatic N) is 1. The molecule has 25 heavy (non-hydrogen) atoms. The number of hydrogen-bond donors (Lipinski definition) is 1. The van der Waals surface area contributed by atoms with E-state index in [4.69, 9.17) is 0 Å². The van der Waals surface area contributed by atoms with Crippen LogP contribution in [0.15, 0.2) is 42.5 Å². The van der Waals surface area contributed by atoms with Crippen molar-refractivity contribution < 1.29 is 9.59 Å². The number of nitrogens with one attached hydrogen (secondary N) is 1. The van der Waals surface area contributed by atoms with Crippen LogP contribution in [0, 0.1) is 0 Å². The van der Waals surface area contributed by atoms with E-state index in [-0.39, 0.29) is 17.2 Å². The molecule has 0 spiro atoms.